The molecule has 24 heavy (non-hydrogen) atoms. The summed E-state index contributed by atoms with van der Waals surface area (Å²) in [4.78, 5) is 4.39. The minimum absolute atomic E-state index is 0. The van der Waals surface area contributed by atoms with E-state index in [1.165, 1.54) is 5.56 Å². The average Bonchev–Trinajstić information content (AvgIpc) is 2.55. The number of hydrogen-bond donors (Lipinski definition) is 2. The van der Waals surface area contributed by atoms with Gasteiger partial charge in [-0.1, -0.05) is 37.3 Å². The highest BCUT2D eigenvalue weighted by Crippen LogP contribution is 2.11. The molecule has 0 saturated carbocycles. The van der Waals surface area contributed by atoms with Gasteiger partial charge in [0.05, 0.1) is 17.2 Å². The van der Waals surface area contributed by atoms with Crippen molar-refractivity contribution in [3.63, 3.8) is 0 Å². The lowest BCUT2D eigenvalue weighted by atomic mass is 10.1. The van der Waals surface area contributed by atoms with Crippen LogP contribution in [0.4, 0.5) is 5.69 Å². The van der Waals surface area contributed by atoms with Crippen molar-refractivity contribution in [2.24, 2.45) is 10.7 Å². The maximum atomic E-state index is 12.1. The van der Waals surface area contributed by atoms with E-state index in [-0.39, 0.29) is 42.2 Å². The molecule has 0 fully saturated rings. The third-order valence-corrected chi connectivity index (χ3v) is 5.06. The minimum Gasteiger partial charge on any atom is -0.370 e. The summed E-state index contributed by atoms with van der Waals surface area (Å²) in [5, 5.41) is 2.98. The Morgan fingerprint density at radius 2 is 1.83 bits per heavy atom. The van der Waals surface area contributed by atoms with E-state index >= 15 is 0 Å². The van der Waals surface area contributed by atoms with Gasteiger partial charge < -0.3 is 11.1 Å². The highest BCUT2D eigenvalue weighted by Gasteiger charge is 2.12. The second kappa shape index (κ2) is 9.63. The van der Waals surface area contributed by atoms with Crippen LogP contribution in [0, 0.1) is 0 Å². The Kier molecular flexibility index (Phi) is 8.20. The van der Waals surface area contributed by atoms with Gasteiger partial charge in [-0.3, -0.25) is 4.99 Å². The van der Waals surface area contributed by atoms with Gasteiger partial charge in [-0.15, -0.1) is 24.0 Å². The number of nitrogens with one attached hydrogen (secondary N) is 1. The maximum Gasteiger partial charge on any atom is 0.193 e. The molecule has 0 aliphatic carbocycles. The lowest BCUT2D eigenvalue weighted by molar-refractivity contribution is 0.596. The molecular formula is C17H22IN3O2S. The molecule has 7 heteroatoms. The molecule has 0 aromatic heterocycles. The van der Waals surface area contributed by atoms with Gasteiger partial charge in [0, 0.05) is 5.69 Å². The van der Waals surface area contributed by atoms with Gasteiger partial charge in [-0.25, -0.2) is 8.42 Å². The molecule has 0 spiro atoms. The first kappa shape index (κ1) is 20.4. The summed E-state index contributed by atoms with van der Waals surface area (Å²) in [7, 11) is -3.33. The van der Waals surface area contributed by atoms with E-state index in [2.05, 4.69) is 17.2 Å². The number of halogens is 1. The number of anilines is 1. The second-order valence-electron chi connectivity index (χ2n) is 5.08. The molecule has 2 aromatic rings. The van der Waals surface area contributed by atoms with Crippen molar-refractivity contribution in [3.8, 4) is 0 Å². The number of sulfone groups is 1. The van der Waals surface area contributed by atoms with E-state index in [0.29, 0.717) is 4.90 Å². The molecule has 0 heterocycles. The van der Waals surface area contributed by atoms with Crippen molar-refractivity contribution < 1.29 is 8.42 Å². The van der Waals surface area contributed by atoms with Crippen molar-refractivity contribution in [3.05, 3.63) is 60.2 Å². The quantitative estimate of drug-likeness (QED) is 0.395. The van der Waals surface area contributed by atoms with Crippen LogP contribution < -0.4 is 11.1 Å². The highest BCUT2D eigenvalue weighted by atomic mass is 127. The predicted molar refractivity (Wildman–Crippen MR) is 110 cm³/mol. The topological polar surface area (TPSA) is 84.5 Å². The van der Waals surface area contributed by atoms with Gasteiger partial charge in [0.2, 0.25) is 0 Å². The van der Waals surface area contributed by atoms with Crippen LogP contribution >= 0.6 is 24.0 Å². The fraction of sp³-hybridized carbons (Fsp3) is 0.235. The Morgan fingerprint density at radius 3 is 2.50 bits per heavy atom. The van der Waals surface area contributed by atoms with Crippen LogP contribution in [0.2, 0.25) is 0 Å². The molecule has 0 aliphatic heterocycles. The number of hydrogen-bond acceptors (Lipinski definition) is 3. The van der Waals surface area contributed by atoms with Crippen molar-refractivity contribution in [2.75, 3.05) is 17.6 Å². The van der Waals surface area contributed by atoms with Gasteiger partial charge in [0.15, 0.2) is 15.8 Å². The van der Waals surface area contributed by atoms with Crippen molar-refractivity contribution in [1.82, 2.24) is 0 Å². The van der Waals surface area contributed by atoms with Crippen LogP contribution in [0.1, 0.15) is 12.5 Å². The van der Waals surface area contributed by atoms with E-state index in [0.717, 1.165) is 12.1 Å². The number of benzene rings is 2. The molecule has 0 atom stereocenters. The van der Waals surface area contributed by atoms with Crippen LogP contribution in [0.5, 0.6) is 0 Å². The van der Waals surface area contributed by atoms with Gasteiger partial charge >= 0.3 is 0 Å². The van der Waals surface area contributed by atoms with Crippen molar-refractivity contribution >= 4 is 45.5 Å². The Labute approximate surface area is 160 Å². The largest absolute Gasteiger partial charge is 0.370 e. The van der Waals surface area contributed by atoms with Gasteiger partial charge in [0.1, 0.15) is 0 Å². The predicted octanol–water partition coefficient (Wildman–Crippen LogP) is 3.07. The maximum absolute atomic E-state index is 12.1. The number of rotatable bonds is 6. The number of nitrogens with two attached hydrogens (primary N) is 1. The molecule has 0 bridgehead atoms. The molecule has 130 valence electrons. The lowest BCUT2D eigenvalue weighted by Crippen LogP contribution is -2.24. The first-order valence-corrected chi connectivity index (χ1v) is 9.10. The number of nitrogens with zero attached hydrogens (tertiary/aromatic N) is 1. The lowest BCUT2D eigenvalue weighted by Gasteiger charge is -2.07. The molecule has 0 radical (unpaired) electrons. The average molecular weight is 459 g/mol. The summed E-state index contributed by atoms with van der Waals surface area (Å²) in [6.45, 7) is 2.19. The highest BCUT2D eigenvalue weighted by molar-refractivity contribution is 14.0. The summed E-state index contributed by atoms with van der Waals surface area (Å²) < 4.78 is 24.3. The zero-order valence-corrected chi connectivity index (χ0v) is 16.6. The Bertz CT molecular complexity index is 777. The van der Waals surface area contributed by atoms with Crippen LogP contribution in [-0.2, 0) is 16.3 Å². The van der Waals surface area contributed by atoms with Crippen LogP contribution in [0.25, 0.3) is 0 Å². The molecule has 3 N–H and O–H groups in total. The SMILES string of the molecule is CCc1cccc(NC(N)=NCCS(=O)(=O)c2ccccc2)c1.I. The molecule has 0 saturated heterocycles. The fourth-order valence-electron chi connectivity index (χ4n) is 2.09. The van der Waals surface area contributed by atoms with E-state index in [1.54, 1.807) is 30.3 Å². The fourth-order valence-corrected chi connectivity index (χ4v) is 3.23. The molecule has 0 unspecified atom stereocenters. The molecule has 5 nitrogen and oxygen atoms in total. The Morgan fingerprint density at radius 1 is 1.12 bits per heavy atom. The summed E-state index contributed by atoms with van der Waals surface area (Å²) in [5.41, 5.74) is 7.84. The van der Waals surface area contributed by atoms with Crippen LogP contribution in [-0.4, -0.2) is 26.7 Å². The molecule has 2 rings (SSSR count). The third-order valence-electron chi connectivity index (χ3n) is 3.35. The van der Waals surface area contributed by atoms with Crippen molar-refractivity contribution in [1.29, 1.82) is 0 Å². The first-order valence-electron chi connectivity index (χ1n) is 7.45. The zero-order chi connectivity index (χ0) is 16.7. The summed E-state index contributed by atoms with van der Waals surface area (Å²) in [5.74, 6) is 0.135. The molecular weight excluding hydrogens is 437 g/mol. The van der Waals surface area contributed by atoms with Crippen molar-refractivity contribution in [2.45, 2.75) is 18.2 Å². The van der Waals surface area contributed by atoms with Gasteiger partial charge in [0.25, 0.3) is 0 Å². The van der Waals surface area contributed by atoms with Gasteiger partial charge in [-0.2, -0.15) is 0 Å². The van der Waals surface area contributed by atoms with Crippen LogP contribution in [0.3, 0.4) is 0 Å². The summed E-state index contributed by atoms with van der Waals surface area (Å²) in [6, 6.07) is 16.2. The molecule has 0 aliphatic rings. The molecule has 0 amide bonds. The number of aliphatic imine (C=N–C) groups is 1. The summed E-state index contributed by atoms with van der Waals surface area (Å²) >= 11 is 0. The Hall–Kier alpha value is -1.61. The van der Waals surface area contributed by atoms with E-state index in [9.17, 15) is 8.42 Å². The monoisotopic (exact) mass is 459 g/mol. The van der Waals surface area contributed by atoms with Crippen LogP contribution in [0.15, 0.2) is 64.5 Å². The number of guanidine groups is 1. The Balaban J connectivity index is 0.00000288. The minimum atomic E-state index is -3.33. The van der Waals surface area contributed by atoms with Gasteiger partial charge in [-0.05, 0) is 36.2 Å². The third kappa shape index (κ3) is 6.12. The normalized spacial score (nSPS) is 11.6. The second-order valence-corrected chi connectivity index (χ2v) is 7.19. The molecule has 2 aromatic carbocycles. The van der Waals surface area contributed by atoms with E-state index < -0.39 is 9.84 Å². The smallest absolute Gasteiger partial charge is 0.193 e. The first-order chi connectivity index (χ1) is 11.0. The standard InChI is InChI=1S/C17H21N3O2S.HI/c1-2-14-7-6-8-15(13-14)20-17(18)19-11-12-23(21,22)16-9-4-3-5-10-16;/h3-10,13H,2,11-12H2,1H3,(H3,18,19,20);1H. The summed E-state index contributed by atoms with van der Waals surface area (Å²) in [6.07, 6.45) is 0.932. The van der Waals surface area contributed by atoms with E-state index in [1.807, 2.05) is 24.3 Å². The van der Waals surface area contributed by atoms with E-state index in [4.69, 9.17) is 5.73 Å². The zero-order valence-electron chi connectivity index (χ0n) is 13.5. The number of aryl methyl sites for hydroxylation is 1.